The van der Waals surface area contributed by atoms with Gasteiger partial charge in [-0.05, 0) is 25.0 Å². The van der Waals surface area contributed by atoms with Gasteiger partial charge in [-0.1, -0.05) is 23.2 Å². The summed E-state index contributed by atoms with van der Waals surface area (Å²) in [6, 6.07) is 2.85. The molecule has 0 aromatic heterocycles. The lowest BCUT2D eigenvalue weighted by atomic mass is 10.2. The number of carboxylic acids is 1. The van der Waals surface area contributed by atoms with Crippen LogP contribution < -0.4 is 5.32 Å². The predicted molar refractivity (Wildman–Crippen MR) is 70.4 cm³/mol. The number of ether oxygens (including phenoxy) is 1. The fourth-order valence-corrected chi connectivity index (χ4v) is 2.41. The van der Waals surface area contributed by atoms with E-state index in [1.54, 1.807) is 0 Å². The van der Waals surface area contributed by atoms with Crippen molar-refractivity contribution in [1.29, 1.82) is 0 Å². The van der Waals surface area contributed by atoms with Crippen molar-refractivity contribution in [1.82, 2.24) is 0 Å². The number of hydrogen-bond donors (Lipinski definition) is 2. The average Bonchev–Trinajstić information content (AvgIpc) is 2.82. The molecule has 2 atom stereocenters. The lowest BCUT2D eigenvalue weighted by molar-refractivity contribution is -0.149. The predicted octanol–water partition coefficient (Wildman–Crippen LogP) is 3.18. The van der Waals surface area contributed by atoms with E-state index < -0.39 is 17.9 Å². The average molecular weight is 308 g/mol. The molecule has 1 heterocycles. The van der Waals surface area contributed by atoms with E-state index in [1.807, 2.05) is 0 Å². The summed E-state index contributed by atoms with van der Waals surface area (Å²) in [7, 11) is 0. The van der Waals surface area contributed by atoms with Crippen LogP contribution in [-0.2, 0) is 9.53 Å². The van der Waals surface area contributed by atoms with Crippen LogP contribution in [0, 0.1) is 5.82 Å². The van der Waals surface area contributed by atoms with Crippen LogP contribution in [0.25, 0.3) is 0 Å². The van der Waals surface area contributed by atoms with Crippen molar-refractivity contribution < 1.29 is 19.0 Å². The highest BCUT2D eigenvalue weighted by Crippen LogP contribution is 2.28. The largest absolute Gasteiger partial charge is 0.479 e. The van der Waals surface area contributed by atoms with E-state index in [-0.39, 0.29) is 16.1 Å². The molecule has 19 heavy (non-hydrogen) atoms. The van der Waals surface area contributed by atoms with Crippen molar-refractivity contribution in [2.45, 2.75) is 25.0 Å². The number of nitrogens with one attached hydrogen (secondary N) is 1. The van der Waals surface area contributed by atoms with Gasteiger partial charge in [-0.15, -0.1) is 0 Å². The SMILES string of the molecule is O=C(O)C1CCC(CNc2cc(Cl)c(F)c(Cl)c2)O1. The Morgan fingerprint density at radius 3 is 2.58 bits per heavy atom. The van der Waals surface area contributed by atoms with E-state index in [0.29, 0.717) is 25.1 Å². The van der Waals surface area contributed by atoms with E-state index in [9.17, 15) is 9.18 Å². The fourth-order valence-electron chi connectivity index (χ4n) is 1.93. The van der Waals surface area contributed by atoms with Crippen molar-refractivity contribution in [3.8, 4) is 0 Å². The summed E-state index contributed by atoms with van der Waals surface area (Å²) in [5.74, 6) is -1.60. The zero-order chi connectivity index (χ0) is 14.0. The molecular weight excluding hydrogens is 296 g/mol. The van der Waals surface area contributed by atoms with Crippen LogP contribution in [0.1, 0.15) is 12.8 Å². The maximum Gasteiger partial charge on any atom is 0.332 e. The standard InChI is InChI=1S/C12H12Cl2FNO3/c13-8-3-6(4-9(14)11(8)15)16-5-7-1-2-10(19-7)12(17)18/h3-4,7,10,16H,1-2,5H2,(H,17,18). The quantitative estimate of drug-likeness (QED) is 0.839. The molecule has 0 spiro atoms. The molecule has 1 fully saturated rings. The van der Waals surface area contributed by atoms with Gasteiger partial charge in [0.1, 0.15) is 0 Å². The van der Waals surface area contributed by atoms with Crippen LogP contribution in [0.15, 0.2) is 12.1 Å². The van der Waals surface area contributed by atoms with E-state index in [2.05, 4.69) is 5.32 Å². The van der Waals surface area contributed by atoms with Crippen LogP contribution in [0.2, 0.25) is 10.0 Å². The summed E-state index contributed by atoms with van der Waals surface area (Å²) in [4.78, 5) is 10.7. The van der Waals surface area contributed by atoms with Gasteiger partial charge in [-0.3, -0.25) is 0 Å². The first-order chi connectivity index (χ1) is 8.97. The summed E-state index contributed by atoms with van der Waals surface area (Å²) in [5, 5.41) is 11.7. The lowest BCUT2D eigenvalue weighted by Gasteiger charge is -2.14. The highest BCUT2D eigenvalue weighted by atomic mass is 35.5. The number of anilines is 1. The number of rotatable bonds is 4. The minimum atomic E-state index is -0.949. The maximum atomic E-state index is 13.2. The smallest absolute Gasteiger partial charge is 0.332 e. The van der Waals surface area contributed by atoms with Crippen LogP contribution in [-0.4, -0.2) is 29.8 Å². The van der Waals surface area contributed by atoms with E-state index >= 15 is 0 Å². The number of halogens is 3. The van der Waals surface area contributed by atoms with E-state index in [0.717, 1.165) is 0 Å². The Hall–Kier alpha value is -1.04. The van der Waals surface area contributed by atoms with E-state index in [1.165, 1.54) is 12.1 Å². The fraction of sp³-hybridized carbons (Fsp3) is 0.417. The van der Waals surface area contributed by atoms with Gasteiger partial charge in [-0.2, -0.15) is 0 Å². The third-order valence-corrected chi connectivity index (χ3v) is 3.45. The second-order valence-corrected chi connectivity index (χ2v) is 5.11. The van der Waals surface area contributed by atoms with Gasteiger partial charge >= 0.3 is 5.97 Å². The molecule has 0 saturated carbocycles. The van der Waals surface area contributed by atoms with Gasteiger partial charge in [0.05, 0.1) is 16.1 Å². The maximum absolute atomic E-state index is 13.2. The lowest BCUT2D eigenvalue weighted by Crippen LogP contribution is -2.24. The topological polar surface area (TPSA) is 58.6 Å². The van der Waals surface area contributed by atoms with Crippen LogP contribution in [0.4, 0.5) is 10.1 Å². The first kappa shape index (κ1) is 14.4. The van der Waals surface area contributed by atoms with Gasteiger partial charge in [0.25, 0.3) is 0 Å². The molecule has 1 aliphatic heterocycles. The van der Waals surface area contributed by atoms with Crippen LogP contribution >= 0.6 is 23.2 Å². The molecular formula is C12H12Cl2FNO3. The third kappa shape index (κ3) is 3.49. The minimum absolute atomic E-state index is 0.0641. The Morgan fingerprint density at radius 2 is 2.05 bits per heavy atom. The number of benzene rings is 1. The van der Waals surface area contributed by atoms with Gasteiger partial charge in [0.15, 0.2) is 11.9 Å². The molecule has 4 nitrogen and oxygen atoms in total. The molecule has 0 aliphatic carbocycles. The number of carbonyl (C=O) groups is 1. The Labute approximate surface area is 119 Å². The van der Waals surface area contributed by atoms with Crippen molar-refractivity contribution in [3.05, 3.63) is 28.0 Å². The Morgan fingerprint density at radius 1 is 1.42 bits per heavy atom. The van der Waals surface area contributed by atoms with E-state index in [4.69, 9.17) is 33.0 Å². The summed E-state index contributed by atoms with van der Waals surface area (Å²) in [6.07, 6.45) is 0.218. The molecule has 0 radical (unpaired) electrons. The van der Waals surface area contributed by atoms with Gasteiger partial charge < -0.3 is 15.2 Å². The molecule has 7 heteroatoms. The second-order valence-electron chi connectivity index (χ2n) is 4.30. The van der Waals surface area contributed by atoms with Gasteiger partial charge in [0, 0.05) is 12.2 Å². The number of carboxylic acid groups (broad SMARTS) is 1. The van der Waals surface area contributed by atoms with Gasteiger partial charge in [0.2, 0.25) is 0 Å². The first-order valence-electron chi connectivity index (χ1n) is 5.74. The molecule has 104 valence electrons. The molecule has 1 aromatic carbocycles. The minimum Gasteiger partial charge on any atom is -0.479 e. The highest BCUT2D eigenvalue weighted by Gasteiger charge is 2.30. The summed E-state index contributed by atoms with van der Waals surface area (Å²) in [5.41, 5.74) is 0.568. The molecule has 1 saturated heterocycles. The second kappa shape index (κ2) is 5.94. The Kier molecular flexibility index (Phi) is 4.50. The van der Waals surface area contributed by atoms with Crippen molar-refractivity contribution >= 4 is 34.9 Å². The number of hydrogen-bond acceptors (Lipinski definition) is 3. The first-order valence-corrected chi connectivity index (χ1v) is 6.49. The molecule has 0 bridgehead atoms. The zero-order valence-corrected chi connectivity index (χ0v) is 11.3. The molecule has 1 aromatic rings. The number of aliphatic carboxylic acids is 1. The van der Waals surface area contributed by atoms with Crippen molar-refractivity contribution in [2.75, 3.05) is 11.9 Å². The van der Waals surface area contributed by atoms with Crippen molar-refractivity contribution in [2.24, 2.45) is 0 Å². The summed E-state index contributed by atoms with van der Waals surface area (Å²) in [6.45, 7) is 0.419. The van der Waals surface area contributed by atoms with Crippen LogP contribution in [0.5, 0.6) is 0 Å². The molecule has 0 amide bonds. The molecule has 1 aliphatic rings. The Bertz CT molecular complexity index is 475. The summed E-state index contributed by atoms with van der Waals surface area (Å²) < 4.78 is 18.5. The Balaban J connectivity index is 1.91. The normalized spacial score (nSPS) is 22.5. The van der Waals surface area contributed by atoms with Crippen molar-refractivity contribution in [3.63, 3.8) is 0 Å². The summed E-state index contributed by atoms with van der Waals surface area (Å²) >= 11 is 11.3. The molecule has 2 N–H and O–H groups in total. The zero-order valence-electron chi connectivity index (χ0n) is 9.83. The van der Waals surface area contributed by atoms with Crippen LogP contribution in [0.3, 0.4) is 0 Å². The molecule has 2 unspecified atom stereocenters. The molecule has 2 rings (SSSR count). The highest BCUT2D eigenvalue weighted by molar-refractivity contribution is 6.35. The monoisotopic (exact) mass is 307 g/mol. The van der Waals surface area contributed by atoms with Gasteiger partial charge in [-0.25, -0.2) is 9.18 Å². The third-order valence-electron chi connectivity index (χ3n) is 2.90.